The van der Waals surface area contributed by atoms with Crippen molar-refractivity contribution in [1.29, 1.82) is 0 Å². The SMILES string of the molecule is CC(C)(CNC1CCCC1C1CCCCN1)S(C)(=O)=O. The van der Waals surface area contributed by atoms with Gasteiger partial charge in [-0.05, 0) is 52.0 Å². The molecule has 118 valence electrons. The molecule has 0 spiro atoms. The molecule has 1 saturated carbocycles. The predicted molar refractivity (Wildman–Crippen MR) is 83.7 cm³/mol. The van der Waals surface area contributed by atoms with Gasteiger partial charge >= 0.3 is 0 Å². The van der Waals surface area contributed by atoms with Crippen LogP contribution in [0.4, 0.5) is 0 Å². The van der Waals surface area contributed by atoms with Crippen LogP contribution in [0.3, 0.4) is 0 Å². The molecule has 3 atom stereocenters. The third-order valence-electron chi connectivity index (χ3n) is 5.23. The Morgan fingerprint density at radius 2 is 1.90 bits per heavy atom. The fourth-order valence-electron chi connectivity index (χ4n) is 3.48. The van der Waals surface area contributed by atoms with Crippen molar-refractivity contribution in [3.05, 3.63) is 0 Å². The Hall–Kier alpha value is -0.130. The molecule has 0 aromatic carbocycles. The quantitative estimate of drug-likeness (QED) is 0.812. The fourth-order valence-corrected chi connectivity index (χ4v) is 3.82. The number of hydrogen-bond acceptors (Lipinski definition) is 4. The molecule has 20 heavy (non-hydrogen) atoms. The fraction of sp³-hybridized carbons (Fsp3) is 1.00. The largest absolute Gasteiger partial charge is 0.314 e. The van der Waals surface area contributed by atoms with Crippen LogP contribution in [0, 0.1) is 5.92 Å². The van der Waals surface area contributed by atoms with Gasteiger partial charge in [0.2, 0.25) is 0 Å². The van der Waals surface area contributed by atoms with E-state index >= 15 is 0 Å². The van der Waals surface area contributed by atoms with E-state index in [1.54, 1.807) is 0 Å². The summed E-state index contributed by atoms with van der Waals surface area (Å²) in [6.07, 6.45) is 8.96. The van der Waals surface area contributed by atoms with Gasteiger partial charge in [-0.25, -0.2) is 8.42 Å². The zero-order valence-corrected chi connectivity index (χ0v) is 13.9. The number of piperidine rings is 1. The second kappa shape index (κ2) is 6.32. The van der Waals surface area contributed by atoms with Gasteiger partial charge in [0.15, 0.2) is 9.84 Å². The smallest absolute Gasteiger partial charge is 0.153 e. The average Bonchev–Trinajstić information content (AvgIpc) is 2.84. The molecule has 2 N–H and O–H groups in total. The maximum atomic E-state index is 11.8. The van der Waals surface area contributed by atoms with Crippen LogP contribution in [0.5, 0.6) is 0 Å². The van der Waals surface area contributed by atoms with E-state index in [9.17, 15) is 8.42 Å². The summed E-state index contributed by atoms with van der Waals surface area (Å²) < 4.78 is 22.9. The summed E-state index contributed by atoms with van der Waals surface area (Å²) in [5.74, 6) is 0.672. The molecule has 0 bridgehead atoms. The molecule has 2 aliphatic rings. The number of sulfone groups is 1. The molecule has 1 aliphatic carbocycles. The lowest BCUT2D eigenvalue weighted by molar-refractivity contribution is 0.255. The monoisotopic (exact) mass is 302 g/mol. The van der Waals surface area contributed by atoms with Crippen LogP contribution in [0.1, 0.15) is 52.4 Å². The van der Waals surface area contributed by atoms with Gasteiger partial charge in [-0.1, -0.05) is 12.8 Å². The van der Waals surface area contributed by atoms with Crippen LogP contribution in [-0.4, -0.2) is 44.6 Å². The van der Waals surface area contributed by atoms with Crippen LogP contribution < -0.4 is 10.6 Å². The molecule has 0 radical (unpaired) electrons. The first-order valence-corrected chi connectivity index (χ1v) is 9.87. The molecule has 1 aliphatic heterocycles. The van der Waals surface area contributed by atoms with E-state index < -0.39 is 14.6 Å². The molecular weight excluding hydrogens is 272 g/mol. The molecular formula is C15H30N2O2S. The topological polar surface area (TPSA) is 58.2 Å². The van der Waals surface area contributed by atoms with Crippen molar-refractivity contribution in [2.24, 2.45) is 5.92 Å². The highest BCUT2D eigenvalue weighted by atomic mass is 32.2. The lowest BCUT2D eigenvalue weighted by Gasteiger charge is -2.34. The normalized spacial score (nSPS) is 32.5. The van der Waals surface area contributed by atoms with E-state index in [-0.39, 0.29) is 0 Å². The molecule has 2 rings (SSSR count). The van der Waals surface area contributed by atoms with Crippen molar-refractivity contribution in [2.75, 3.05) is 19.3 Å². The molecule has 4 nitrogen and oxygen atoms in total. The lowest BCUT2D eigenvalue weighted by atomic mass is 9.88. The predicted octanol–water partition coefficient (Wildman–Crippen LogP) is 1.71. The van der Waals surface area contributed by atoms with Crippen LogP contribution in [0.15, 0.2) is 0 Å². The minimum atomic E-state index is -3.01. The summed E-state index contributed by atoms with van der Waals surface area (Å²) in [4.78, 5) is 0. The van der Waals surface area contributed by atoms with E-state index in [4.69, 9.17) is 0 Å². The standard InChI is InChI=1S/C15H30N2O2S/c1-15(2,20(3,18)19)11-17-14-9-6-7-12(14)13-8-4-5-10-16-13/h12-14,16-17H,4-11H2,1-3H3. The van der Waals surface area contributed by atoms with Crippen molar-refractivity contribution in [2.45, 2.75) is 69.2 Å². The number of rotatable bonds is 5. The van der Waals surface area contributed by atoms with Gasteiger partial charge < -0.3 is 10.6 Å². The highest BCUT2D eigenvalue weighted by Crippen LogP contribution is 2.32. The van der Waals surface area contributed by atoms with Gasteiger partial charge in [-0.2, -0.15) is 0 Å². The highest BCUT2D eigenvalue weighted by Gasteiger charge is 2.36. The summed E-state index contributed by atoms with van der Waals surface area (Å²) in [6.45, 7) is 5.33. The number of nitrogens with one attached hydrogen (secondary N) is 2. The Labute approximate surface area is 124 Å². The highest BCUT2D eigenvalue weighted by molar-refractivity contribution is 7.92. The van der Waals surface area contributed by atoms with Crippen molar-refractivity contribution in [1.82, 2.24) is 10.6 Å². The van der Waals surface area contributed by atoms with Crippen molar-refractivity contribution < 1.29 is 8.42 Å². The van der Waals surface area contributed by atoms with Crippen LogP contribution in [0.25, 0.3) is 0 Å². The Bertz CT molecular complexity index is 414. The molecule has 0 amide bonds. The first-order valence-electron chi connectivity index (χ1n) is 7.98. The first kappa shape index (κ1) is 16.2. The summed E-state index contributed by atoms with van der Waals surface area (Å²) in [5.41, 5.74) is 0. The molecule has 1 heterocycles. The van der Waals surface area contributed by atoms with Crippen molar-refractivity contribution >= 4 is 9.84 Å². The lowest BCUT2D eigenvalue weighted by Crippen LogP contribution is -2.50. The van der Waals surface area contributed by atoms with Crippen molar-refractivity contribution in [3.8, 4) is 0 Å². The summed E-state index contributed by atoms with van der Waals surface area (Å²) in [6, 6.07) is 1.11. The maximum Gasteiger partial charge on any atom is 0.153 e. The van der Waals surface area contributed by atoms with Gasteiger partial charge in [0.25, 0.3) is 0 Å². The summed E-state index contributed by atoms with van der Waals surface area (Å²) in [5, 5.41) is 7.22. The summed E-state index contributed by atoms with van der Waals surface area (Å²) in [7, 11) is -3.01. The zero-order chi connectivity index (χ0) is 14.8. The van der Waals surface area contributed by atoms with E-state index in [0.717, 1.165) is 6.54 Å². The van der Waals surface area contributed by atoms with E-state index in [1.165, 1.54) is 44.8 Å². The van der Waals surface area contributed by atoms with Gasteiger partial charge in [-0.15, -0.1) is 0 Å². The minimum absolute atomic E-state index is 0.478. The van der Waals surface area contributed by atoms with Crippen LogP contribution >= 0.6 is 0 Å². The first-order chi connectivity index (χ1) is 9.31. The van der Waals surface area contributed by atoms with E-state index in [1.807, 2.05) is 13.8 Å². The maximum absolute atomic E-state index is 11.8. The van der Waals surface area contributed by atoms with Gasteiger partial charge in [0.1, 0.15) is 0 Å². The summed E-state index contributed by atoms with van der Waals surface area (Å²) >= 11 is 0. The minimum Gasteiger partial charge on any atom is -0.314 e. The molecule has 0 aromatic heterocycles. The van der Waals surface area contributed by atoms with E-state index in [0.29, 0.717) is 24.5 Å². The Balaban J connectivity index is 1.91. The molecule has 0 aromatic rings. The second-order valence-corrected chi connectivity index (χ2v) is 9.82. The Kier molecular flexibility index (Phi) is 5.14. The van der Waals surface area contributed by atoms with Crippen LogP contribution in [0.2, 0.25) is 0 Å². The molecule has 5 heteroatoms. The third-order valence-corrected chi connectivity index (χ3v) is 7.38. The van der Waals surface area contributed by atoms with E-state index in [2.05, 4.69) is 10.6 Å². The Morgan fingerprint density at radius 3 is 2.50 bits per heavy atom. The Morgan fingerprint density at radius 1 is 1.15 bits per heavy atom. The van der Waals surface area contributed by atoms with Crippen LogP contribution in [-0.2, 0) is 9.84 Å². The van der Waals surface area contributed by atoms with Gasteiger partial charge in [0.05, 0.1) is 4.75 Å². The van der Waals surface area contributed by atoms with Gasteiger partial charge in [-0.3, -0.25) is 0 Å². The molecule has 1 saturated heterocycles. The van der Waals surface area contributed by atoms with Gasteiger partial charge in [0, 0.05) is 24.9 Å². The second-order valence-electron chi connectivity index (χ2n) is 7.17. The molecule has 3 unspecified atom stereocenters. The molecule has 2 fully saturated rings. The van der Waals surface area contributed by atoms with Crippen molar-refractivity contribution in [3.63, 3.8) is 0 Å². The number of hydrogen-bond donors (Lipinski definition) is 2. The average molecular weight is 302 g/mol. The third kappa shape index (κ3) is 3.74. The zero-order valence-electron chi connectivity index (χ0n) is 13.1.